The lowest BCUT2D eigenvalue weighted by Gasteiger charge is -2.25. The summed E-state index contributed by atoms with van der Waals surface area (Å²) in [5.41, 5.74) is 1.98. The van der Waals surface area contributed by atoms with Gasteiger partial charge in [0.2, 0.25) is 0 Å². The molecule has 1 aromatic carbocycles. The predicted molar refractivity (Wildman–Crippen MR) is 91.8 cm³/mol. The van der Waals surface area contributed by atoms with Crippen molar-refractivity contribution in [3.05, 3.63) is 29.3 Å². The molecule has 0 spiro atoms. The minimum atomic E-state index is -0.0219. The SMILES string of the molecule is CCCOc1ccc(C(=O)C2CCCCC2)cc1C(C)(C)C. The lowest BCUT2D eigenvalue weighted by molar-refractivity contribution is 0.0889. The zero-order valence-corrected chi connectivity index (χ0v) is 14.6. The maximum atomic E-state index is 12.8. The van der Waals surface area contributed by atoms with Crippen LogP contribution in [0.1, 0.15) is 82.1 Å². The van der Waals surface area contributed by atoms with Gasteiger partial charge < -0.3 is 4.74 Å². The minimum Gasteiger partial charge on any atom is -0.493 e. The van der Waals surface area contributed by atoms with Crippen molar-refractivity contribution in [3.8, 4) is 5.75 Å². The van der Waals surface area contributed by atoms with Gasteiger partial charge in [-0.15, -0.1) is 0 Å². The second-order valence-electron chi connectivity index (χ2n) is 7.51. The second kappa shape index (κ2) is 7.30. The molecule has 1 fully saturated rings. The van der Waals surface area contributed by atoms with Crippen LogP contribution in [0.2, 0.25) is 0 Å². The van der Waals surface area contributed by atoms with Crippen LogP contribution in [-0.4, -0.2) is 12.4 Å². The van der Waals surface area contributed by atoms with Gasteiger partial charge in [0.15, 0.2) is 5.78 Å². The Morgan fingerprint density at radius 3 is 2.45 bits per heavy atom. The fourth-order valence-electron chi connectivity index (χ4n) is 3.21. The Bertz CT molecular complexity index is 505. The Balaban J connectivity index is 2.27. The molecule has 0 heterocycles. The maximum absolute atomic E-state index is 12.8. The Labute approximate surface area is 135 Å². The van der Waals surface area contributed by atoms with Gasteiger partial charge in [-0.2, -0.15) is 0 Å². The zero-order chi connectivity index (χ0) is 16.2. The van der Waals surface area contributed by atoms with Gasteiger partial charge in [0.25, 0.3) is 0 Å². The van der Waals surface area contributed by atoms with E-state index in [9.17, 15) is 4.79 Å². The molecule has 1 saturated carbocycles. The first kappa shape index (κ1) is 17.1. The fourth-order valence-corrected chi connectivity index (χ4v) is 3.21. The smallest absolute Gasteiger partial charge is 0.165 e. The molecule has 0 unspecified atom stereocenters. The number of hydrogen-bond donors (Lipinski definition) is 0. The topological polar surface area (TPSA) is 26.3 Å². The first-order valence-electron chi connectivity index (χ1n) is 8.75. The van der Waals surface area contributed by atoms with Crippen LogP contribution in [0.3, 0.4) is 0 Å². The van der Waals surface area contributed by atoms with Crippen LogP contribution >= 0.6 is 0 Å². The molecule has 0 aliphatic heterocycles. The van der Waals surface area contributed by atoms with E-state index in [0.29, 0.717) is 5.78 Å². The summed E-state index contributed by atoms with van der Waals surface area (Å²) in [4.78, 5) is 12.8. The Morgan fingerprint density at radius 1 is 1.18 bits per heavy atom. The minimum absolute atomic E-state index is 0.0219. The summed E-state index contributed by atoms with van der Waals surface area (Å²) in [6.45, 7) is 9.36. The van der Waals surface area contributed by atoms with Crippen LogP contribution in [0, 0.1) is 5.92 Å². The lowest BCUT2D eigenvalue weighted by Crippen LogP contribution is -2.20. The van der Waals surface area contributed by atoms with E-state index in [0.717, 1.165) is 42.7 Å². The highest BCUT2D eigenvalue weighted by Gasteiger charge is 2.25. The zero-order valence-electron chi connectivity index (χ0n) is 14.6. The summed E-state index contributed by atoms with van der Waals surface area (Å²) in [6.07, 6.45) is 6.77. The molecular weight excluding hydrogens is 272 g/mol. The quantitative estimate of drug-likeness (QED) is 0.668. The third-order valence-corrected chi connectivity index (χ3v) is 4.51. The summed E-state index contributed by atoms with van der Waals surface area (Å²) in [6, 6.07) is 6.02. The third-order valence-electron chi connectivity index (χ3n) is 4.51. The Hall–Kier alpha value is -1.31. The van der Waals surface area contributed by atoms with Crippen LogP contribution in [0.4, 0.5) is 0 Å². The number of ether oxygens (including phenoxy) is 1. The number of carbonyl (C=O) groups is 1. The molecule has 1 aliphatic carbocycles. The first-order chi connectivity index (χ1) is 10.4. The highest BCUT2D eigenvalue weighted by Crippen LogP contribution is 2.34. The van der Waals surface area contributed by atoms with Gasteiger partial charge in [0.05, 0.1) is 6.61 Å². The predicted octanol–water partition coefficient (Wildman–Crippen LogP) is 5.54. The van der Waals surface area contributed by atoms with Gasteiger partial charge in [-0.1, -0.05) is 47.0 Å². The van der Waals surface area contributed by atoms with Gasteiger partial charge in [-0.3, -0.25) is 4.79 Å². The van der Waals surface area contributed by atoms with Crippen molar-refractivity contribution in [2.75, 3.05) is 6.61 Å². The van der Waals surface area contributed by atoms with E-state index in [1.807, 2.05) is 12.1 Å². The largest absolute Gasteiger partial charge is 0.493 e. The van der Waals surface area contributed by atoms with E-state index >= 15 is 0 Å². The molecule has 0 amide bonds. The molecule has 2 heteroatoms. The molecule has 0 aromatic heterocycles. The van der Waals surface area contributed by atoms with Crippen LogP contribution in [0.15, 0.2) is 18.2 Å². The van der Waals surface area contributed by atoms with E-state index in [1.54, 1.807) is 0 Å². The molecule has 0 saturated heterocycles. The second-order valence-corrected chi connectivity index (χ2v) is 7.51. The van der Waals surface area contributed by atoms with Gasteiger partial charge in [0, 0.05) is 17.0 Å². The summed E-state index contributed by atoms with van der Waals surface area (Å²) in [5.74, 6) is 1.48. The van der Waals surface area contributed by atoms with Crippen molar-refractivity contribution < 1.29 is 9.53 Å². The molecule has 0 atom stereocenters. The summed E-state index contributed by atoms with van der Waals surface area (Å²) in [7, 11) is 0. The number of ketones is 1. The fraction of sp³-hybridized carbons (Fsp3) is 0.650. The average molecular weight is 302 g/mol. The molecular formula is C20H30O2. The van der Waals surface area contributed by atoms with Gasteiger partial charge in [-0.25, -0.2) is 0 Å². The summed E-state index contributed by atoms with van der Waals surface area (Å²) < 4.78 is 5.88. The highest BCUT2D eigenvalue weighted by molar-refractivity contribution is 5.98. The number of hydrogen-bond acceptors (Lipinski definition) is 2. The molecule has 22 heavy (non-hydrogen) atoms. The van der Waals surface area contributed by atoms with Crippen molar-refractivity contribution in [2.45, 2.75) is 71.6 Å². The van der Waals surface area contributed by atoms with Crippen LogP contribution in [0.5, 0.6) is 5.75 Å². The van der Waals surface area contributed by atoms with Crippen LogP contribution in [0.25, 0.3) is 0 Å². The Morgan fingerprint density at radius 2 is 1.86 bits per heavy atom. The van der Waals surface area contributed by atoms with E-state index in [2.05, 4.69) is 33.8 Å². The van der Waals surface area contributed by atoms with Crippen molar-refractivity contribution in [1.82, 2.24) is 0 Å². The lowest BCUT2D eigenvalue weighted by atomic mass is 9.81. The molecule has 1 aliphatic rings. The van der Waals surface area contributed by atoms with Gasteiger partial charge >= 0.3 is 0 Å². The molecule has 0 bridgehead atoms. The molecule has 0 radical (unpaired) electrons. The molecule has 0 N–H and O–H groups in total. The first-order valence-corrected chi connectivity index (χ1v) is 8.75. The van der Waals surface area contributed by atoms with Gasteiger partial charge in [0.1, 0.15) is 5.75 Å². The number of benzene rings is 1. The van der Waals surface area contributed by atoms with E-state index in [4.69, 9.17) is 4.74 Å². The maximum Gasteiger partial charge on any atom is 0.165 e. The number of rotatable bonds is 5. The third kappa shape index (κ3) is 4.12. The van der Waals surface area contributed by atoms with Crippen molar-refractivity contribution in [2.24, 2.45) is 5.92 Å². The van der Waals surface area contributed by atoms with E-state index in [1.165, 1.54) is 19.3 Å². The normalized spacial score (nSPS) is 16.5. The van der Waals surface area contributed by atoms with Crippen molar-refractivity contribution in [1.29, 1.82) is 0 Å². The molecule has 2 rings (SSSR count). The van der Waals surface area contributed by atoms with Crippen molar-refractivity contribution in [3.63, 3.8) is 0 Å². The van der Waals surface area contributed by atoms with E-state index in [-0.39, 0.29) is 11.3 Å². The van der Waals surface area contributed by atoms with Crippen LogP contribution < -0.4 is 4.74 Å². The molecule has 2 nitrogen and oxygen atoms in total. The van der Waals surface area contributed by atoms with Crippen molar-refractivity contribution >= 4 is 5.78 Å². The number of carbonyl (C=O) groups excluding carboxylic acids is 1. The molecule has 122 valence electrons. The number of Topliss-reactive ketones (excluding diaryl/α,β-unsaturated/α-hetero) is 1. The van der Waals surface area contributed by atoms with E-state index < -0.39 is 0 Å². The average Bonchev–Trinajstić information content (AvgIpc) is 2.52. The monoisotopic (exact) mass is 302 g/mol. The standard InChI is InChI=1S/C20H30O2/c1-5-13-22-18-12-11-16(14-17(18)20(2,3)4)19(21)15-9-7-6-8-10-15/h11-12,14-15H,5-10,13H2,1-4H3. The summed E-state index contributed by atoms with van der Waals surface area (Å²) >= 11 is 0. The summed E-state index contributed by atoms with van der Waals surface area (Å²) in [5, 5.41) is 0. The Kier molecular flexibility index (Phi) is 5.66. The van der Waals surface area contributed by atoms with Gasteiger partial charge in [-0.05, 0) is 42.9 Å². The highest BCUT2D eigenvalue weighted by atomic mass is 16.5. The van der Waals surface area contributed by atoms with Crippen LogP contribution in [-0.2, 0) is 5.41 Å². The molecule has 1 aromatic rings.